The monoisotopic (exact) mass is 2340 g/mol. The molecule has 0 unspecified atom stereocenters. The number of hydrogen-bond donors (Lipinski definition) is 6. The van der Waals surface area contributed by atoms with Crippen molar-refractivity contribution in [3.05, 3.63) is 271 Å². The second-order valence-corrected chi connectivity index (χ2v) is 33.7. The van der Waals surface area contributed by atoms with Gasteiger partial charge in [0.2, 0.25) is 11.8 Å². The molecule has 0 saturated carbocycles. The molecule has 1 aliphatic rings. The number of alkyl halides is 6. The maximum Gasteiger partial charge on any atom is 1.00 e. The molecular formula is C91H98B3BrF19I2LiN2O20S2. The number of halogens is 22. The van der Waals surface area contributed by atoms with Gasteiger partial charge < -0.3 is 64.7 Å². The summed E-state index contributed by atoms with van der Waals surface area (Å²) in [5.74, 6) is -5.16. The molecule has 0 aliphatic carbocycles. The van der Waals surface area contributed by atoms with Gasteiger partial charge in [-0.05, 0) is 272 Å². The average molecular weight is 2340 g/mol. The number of methoxy groups -OCH3 is 5. The first-order chi connectivity index (χ1) is 65.3. The Morgan fingerprint density at radius 3 is 1.06 bits per heavy atom. The van der Waals surface area contributed by atoms with Crippen molar-refractivity contribution in [2.24, 2.45) is 0 Å². The summed E-state index contributed by atoms with van der Waals surface area (Å²) >= 11 is 1.71. The summed E-state index contributed by atoms with van der Waals surface area (Å²) in [5.41, 5.74) is -1.26. The number of carbonyl (C=O) groups excluding carboxylic acids is 4. The normalized spacial score (nSPS) is 11.3. The van der Waals surface area contributed by atoms with E-state index in [1.54, 1.807) is 42.1 Å². The third-order valence-corrected chi connectivity index (χ3v) is 20.6. The maximum atomic E-state index is 14.1. The van der Waals surface area contributed by atoms with Crippen LogP contribution in [0.5, 0.6) is 28.7 Å². The number of carbonyl (C=O) groups is 4. The average Bonchev–Trinajstić information content (AvgIpc) is 1.21. The third kappa shape index (κ3) is 50.4. The van der Waals surface area contributed by atoms with E-state index in [4.69, 9.17) is 75.3 Å². The van der Waals surface area contributed by atoms with E-state index in [2.05, 4.69) is 29.8 Å². The Morgan fingerprint density at radius 1 is 0.454 bits per heavy atom. The molecule has 6 N–H and O–H groups in total. The van der Waals surface area contributed by atoms with Crippen LogP contribution in [0.1, 0.15) is 145 Å². The van der Waals surface area contributed by atoms with Crippen LogP contribution < -0.4 is 53.5 Å². The van der Waals surface area contributed by atoms with Crippen LogP contribution in [-0.4, -0.2) is 158 Å². The first-order valence-electron chi connectivity index (χ1n) is 40.6. The Bertz CT molecular complexity index is 5650. The zero-order chi connectivity index (χ0) is 107. The van der Waals surface area contributed by atoms with Crippen LogP contribution in [0.4, 0.5) is 81.9 Å². The Hall–Kier alpha value is -9.02. The largest absolute Gasteiger partial charge is 1.00 e. The van der Waals surface area contributed by atoms with Crippen molar-refractivity contribution < 1.29 is 195 Å². The SMILES string of the molecule is CC(C)OB(OC(C)C)OC(C)C.CCN(CC)S(F)(F)F.COc1cc(-c2cc(F)cc(C(F)F)c2)c(F)cc1B(O)O.COc1cc(-c2cc(F)cc(C(F)F)c2)c(F)cc1I.COc1ccc(F)c(-c2cc(F)cc(C(F)F)c2)c1.COc1ccc(F)c(-c2cc(F)cc(C=O)c2)c1.COc1ccc(F)c(Br)c1.O=C1CCC(=O)N1I.O=Cc1cc(F)cc(B(O)O)c1.O=S(=O)(O)O.[CH2-]CCC.[Li+]. The van der Waals surface area contributed by atoms with Crippen molar-refractivity contribution >= 4 is 140 Å². The molecule has 50 heteroatoms. The van der Waals surface area contributed by atoms with Crippen molar-refractivity contribution in [1.82, 2.24) is 7.42 Å². The molecule has 0 spiro atoms. The number of nitrogens with zero attached hydrogens (tertiary/aromatic N) is 2. The molecule has 11 rings (SSSR count). The summed E-state index contributed by atoms with van der Waals surface area (Å²) in [4.78, 5) is 41.8. The van der Waals surface area contributed by atoms with Crippen molar-refractivity contribution in [3.63, 3.8) is 0 Å². The molecule has 0 bridgehead atoms. The van der Waals surface area contributed by atoms with Crippen molar-refractivity contribution in [2.45, 2.75) is 126 Å². The number of ether oxygens (including phenoxy) is 5. The quantitative estimate of drug-likeness (QED) is 0.00429. The van der Waals surface area contributed by atoms with E-state index < -0.39 is 132 Å². The summed E-state index contributed by atoms with van der Waals surface area (Å²) < 4.78 is 320. The zero-order valence-electron chi connectivity index (χ0n) is 77.9. The van der Waals surface area contributed by atoms with E-state index in [9.17, 15) is 101 Å². The van der Waals surface area contributed by atoms with Crippen LogP contribution in [0.15, 0.2) is 174 Å². The topological polar surface area (TPSA) is 304 Å². The van der Waals surface area contributed by atoms with Gasteiger partial charge >= 0.3 is 50.8 Å². The van der Waals surface area contributed by atoms with Crippen LogP contribution in [0.25, 0.3) is 44.5 Å². The van der Waals surface area contributed by atoms with Crippen LogP contribution >= 0.6 is 72.8 Å². The van der Waals surface area contributed by atoms with Gasteiger partial charge in [0.05, 0.1) is 66.5 Å². The Balaban J connectivity index is 0.00000157. The fraction of sp³-hybridized carbons (Fsp3) is 0.286. The Labute approximate surface area is 854 Å². The number of benzene rings is 10. The molecule has 768 valence electrons. The van der Waals surface area contributed by atoms with Crippen LogP contribution in [0.2, 0.25) is 0 Å². The molecule has 22 nitrogen and oxygen atoms in total. The van der Waals surface area contributed by atoms with E-state index >= 15 is 0 Å². The molecule has 1 saturated heterocycles. The van der Waals surface area contributed by atoms with Gasteiger partial charge in [-0.2, -0.15) is 19.1 Å². The fourth-order valence-electron chi connectivity index (χ4n) is 10.6. The van der Waals surface area contributed by atoms with Crippen LogP contribution in [0.3, 0.4) is 0 Å². The maximum absolute atomic E-state index is 14.1. The molecule has 1 heterocycles. The van der Waals surface area contributed by atoms with Crippen LogP contribution in [0, 0.1) is 68.7 Å². The Morgan fingerprint density at radius 2 is 0.773 bits per heavy atom. The van der Waals surface area contributed by atoms with Crippen molar-refractivity contribution in [1.29, 1.82) is 0 Å². The molecule has 141 heavy (non-hydrogen) atoms. The van der Waals surface area contributed by atoms with Gasteiger partial charge in [-0.25, -0.2) is 73.4 Å². The number of rotatable bonds is 26. The molecule has 1 aliphatic heterocycles. The molecular weight excluding hydrogens is 2240 g/mol. The molecule has 0 atom stereocenters. The number of amides is 2. The number of aldehydes is 2. The minimum Gasteiger partial charge on any atom is -0.497 e. The number of hydrogen-bond acceptors (Lipinski definition) is 19. The number of unbranched alkanes of at least 4 members (excludes halogenated alkanes) is 1. The van der Waals surface area contributed by atoms with Gasteiger partial charge in [-0.15, -0.1) is 11.7 Å². The predicted octanol–water partition coefficient (Wildman–Crippen LogP) is 20.8. The van der Waals surface area contributed by atoms with Gasteiger partial charge in [0.1, 0.15) is 99.5 Å². The second kappa shape index (κ2) is 66.8. The first-order valence-corrected chi connectivity index (χ1v) is 46.1. The fourth-order valence-corrected chi connectivity index (χ4v) is 12.7. The molecule has 0 radical (unpaired) electrons. The van der Waals surface area contributed by atoms with Gasteiger partial charge in [-0.3, -0.25) is 28.3 Å². The summed E-state index contributed by atoms with van der Waals surface area (Å²) in [5, 5.41) is 35.5. The van der Waals surface area contributed by atoms with Gasteiger partial charge in [0.15, 0.2) is 0 Å². The van der Waals surface area contributed by atoms with E-state index in [1.165, 1.54) is 115 Å². The standard InChI is InChI=1S/C14H11BF4O3.C14H9F4IO.C14H10F4O.C14H10F2O2.C9H21BO3.C7H6BFO3.C7H6BrFO.C4H10F3NS.C4H4INO2.C4H9.Li.H2O4S/c1-22-13-5-10(12(17)6-11(13)15(20)21)7-2-8(14(18)19)4-9(16)3-7;1-20-13-5-10(11(16)6-12(13)19)7-2-8(14(17)18)4-9(15)3-7;1-19-11-2-3-13(16)12(7-11)8-4-9(14(17)18)6-10(15)5-8;1-18-12-2-3-14(16)13(7-12)10-4-9(8-17)5-11(15)6-10;1-7(2)11-10(12-8(3)4)13-9(5)6;9-7-2-5(4-10)1-6(3-7)8(11)12;1-10-5-2-3-7(9)6(8)4-5;1-3-8(4-2)9(5,6)7;5-6-3(7)1-2-4(6)8;1-3-4-2;;1-5(2,3)4/h2-6,14,20-21H,1H3;2-6,14H,1H3;2-7,14H,1H3;2-8H,1H3;7-9H,1-6H3;1-4,11-12H;2-4H,1H3;3-4H2,1-2H3;1-2H2;1,3-4H2,2H3;;(H2,1,2,3,4)/q;;;;;;;;;-1;+1;. The minimum atomic E-state index is -4.93. The summed E-state index contributed by atoms with van der Waals surface area (Å²) in [6, 6.07) is 32.0. The summed E-state index contributed by atoms with van der Waals surface area (Å²) in [6.07, 6.45) is -4.18. The van der Waals surface area contributed by atoms with Gasteiger partial charge in [0, 0.05) is 99.8 Å². The third-order valence-electron chi connectivity index (χ3n) is 17.0. The smallest absolute Gasteiger partial charge is 0.497 e. The molecule has 10 aromatic rings. The van der Waals surface area contributed by atoms with E-state index in [1.807, 2.05) is 64.1 Å². The van der Waals surface area contributed by atoms with Gasteiger partial charge in [-0.1, -0.05) is 33.3 Å². The second-order valence-electron chi connectivity index (χ2n) is 28.5. The van der Waals surface area contributed by atoms with E-state index in [0.29, 0.717) is 72.4 Å². The summed E-state index contributed by atoms with van der Waals surface area (Å²) in [6.45, 7) is 20.6. The van der Waals surface area contributed by atoms with E-state index in [-0.39, 0.29) is 135 Å². The van der Waals surface area contributed by atoms with Crippen molar-refractivity contribution in [2.75, 3.05) is 48.6 Å². The summed E-state index contributed by atoms with van der Waals surface area (Å²) in [7, 11) is -1.90. The Kier molecular flexibility index (Phi) is 62.5. The zero-order valence-corrected chi connectivity index (χ0v) is 85.4. The minimum absolute atomic E-state index is 0. The number of imide groups is 1. The molecule has 2 amide bonds. The molecule has 1 fully saturated rings. The van der Waals surface area contributed by atoms with Crippen LogP contribution in [-0.2, 0) is 34.0 Å². The molecule has 10 aromatic carbocycles. The van der Waals surface area contributed by atoms with Gasteiger partial charge in [0.25, 0.3) is 30.6 Å². The first kappa shape index (κ1) is 132. The van der Waals surface area contributed by atoms with Crippen molar-refractivity contribution in [3.8, 4) is 73.3 Å². The molecule has 0 aromatic heterocycles. The van der Waals surface area contributed by atoms with E-state index in [0.717, 1.165) is 94.5 Å². The predicted molar refractivity (Wildman–Crippen MR) is 516 cm³/mol.